The summed E-state index contributed by atoms with van der Waals surface area (Å²) >= 11 is 0. The van der Waals surface area contributed by atoms with Crippen LogP contribution in [-0.2, 0) is 0 Å². The number of nitrogens with one attached hydrogen (secondary N) is 1. The number of nitrogens with zero attached hydrogens (tertiary/aromatic N) is 4. The maximum absolute atomic E-state index is 13.4. The third kappa shape index (κ3) is 3.52. The maximum Gasteiger partial charge on any atom is 0.144 e. The minimum atomic E-state index is -0.276. The lowest BCUT2D eigenvalue weighted by atomic mass is 9.94. The number of fused-ring (bicyclic) bond motifs is 1. The number of nitriles is 1. The van der Waals surface area contributed by atoms with Gasteiger partial charge in [-0.25, -0.2) is 9.37 Å². The van der Waals surface area contributed by atoms with Crippen LogP contribution < -0.4 is 5.32 Å². The van der Waals surface area contributed by atoms with Crippen LogP contribution in [0, 0.1) is 17.1 Å². The van der Waals surface area contributed by atoms with Crippen LogP contribution >= 0.6 is 0 Å². The van der Waals surface area contributed by atoms with Crippen LogP contribution in [0.4, 0.5) is 4.39 Å². The third-order valence-corrected chi connectivity index (χ3v) is 5.13. The van der Waals surface area contributed by atoms with Crippen LogP contribution in [0.15, 0.2) is 53.8 Å². The number of aliphatic imine (C=N–C) groups is 1. The van der Waals surface area contributed by atoms with Crippen molar-refractivity contribution in [3.8, 4) is 6.07 Å². The summed E-state index contributed by atoms with van der Waals surface area (Å²) in [4.78, 5) is 8.79. The first-order valence-corrected chi connectivity index (χ1v) is 9.28. The van der Waals surface area contributed by atoms with E-state index in [-0.39, 0.29) is 5.82 Å². The number of pyridine rings is 1. The minimum Gasteiger partial charge on any atom is -0.346 e. The predicted octanol–water partition coefficient (Wildman–Crippen LogP) is 4.40. The van der Waals surface area contributed by atoms with Gasteiger partial charge in [-0.2, -0.15) is 5.26 Å². The first-order valence-electron chi connectivity index (χ1n) is 9.28. The molecule has 0 bridgehead atoms. The molecule has 2 aromatic heterocycles. The van der Waals surface area contributed by atoms with Crippen LogP contribution in [0.5, 0.6) is 0 Å². The second-order valence-corrected chi connectivity index (χ2v) is 6.92. The Labute approximate surface area is 162 Å². The molecule has 28 heavy (non-hydrogen) atoms. The molecule has 0 unspecified atom stereocenters. The predicted molar refractivity (Wildman–Crippen MR) is 108 cm³/mol. The van der Waals surface area contributed by atoms with Gasteiger partial charge in [0.1, 0.15) is 23.2 Å². The van der Waals surface area contributed by atoms with Gasteiger partial charge in [-0.1, -0.05) is 0 Å². The molecule has 1 aliphatic rings. The van der Waals surface area contributed by atoms with E-state index in [9.17, 15) is 9.65 Å². The van der Waals surface area contributed by atoms with E-state index in [2.05, 4.69) is 21.4 Å². The molecule has 1 saturated carbocycles. The molecule has 4 rings (SSSR count). The van der Waals surface area contributed by atoms with Crippen molar-refractivity contribution in [2.24, 2.45) is 4.99 Å². The highest BCUT2D eigenvalue weighted by molar-refractivity contribution is 5.93. The summed E-state index contributed by atoms with van der Waals surface area (Å²) in [5.41, 5.74) is 4.81. The van der Waals surface area contributed by atoms with Crippen LogP contribution in [0.2, 0.25) is 0 Å². The van der Waals surface area contributed by atoms with E-state index in [4.69, 9.17) is 0 Å². The lowest BCUT2D eigenvalue weighted by Gasteiger charge is -2.21. The molecule has 1 aromatic carbocycles. The van der Waals surface area contributed by atoms with Gasteiger partial charge < -0.3 is 5.32 Å². The Kier molecular flexibility index (Phi) is 4.90. The summed E-state index contributed by atoms with van der Waals surface area (Å²) in [5.74, 6) is -0.276. The molecule has 3 aromatic rings. The van der Waals surface area contributed by atoms with Crippen LogP contribution in [0.25, 0.3) is 16.9 Å². The first-order chi connectivity index (χ1) is 13.7. The monoisotopic (exact) mass is 373 g/mol. The fourth-order valence-corrected chi connectivity index (χ4v) is 3.20. The molecular weight excluding hydrogens is 353 g/mol. The second kappa shape index (κ2) is 7.65. The van der Waals surface area contributed by atoms with Gasteiger partial charge in [0, 0.05) is 6.20 Å². The summed E-state index contributed by atoms with van der Waals surface area (Å²) < 4.78 is 15.2. The molecule has 0 amide bonds. The Morgan fingerprint density at radius 2 is 2.00 bits per heavy atom. The van der Waals surface area contributed by atoms with Crippen LogP contribution in [-0.4, -0.2) is 21.8 Å². The van der Waals surface area contributed by atoms with Crippen molar-refractivity contribution in [1.29, 1.82) is 5.26 Å². The van der Waals surface area contributed by atoms with Crippen LogP contribution in [0.3, 0.4) is 0 Å². The lowest BCUT2D eigenvalue weighted by Crippen LogP contribution is -2.18. The molecule has 0 radical (unpaired) electrons. The van der Waals surface area contributed by atoms with Crippen LogP contribution in [0.1, 0.15) is 43.0 Å². The molecular formula is C22H20FN5. The van der Waals surface area contributed by atoms with E-state index in [0.29, 0.717) is 11.7 Å². The van der Waals surface area contributed by atoms with Gasteiger partial charge in [0.15, 0.2) is 0 Å². The highest BCUT2D eigenvalue weighted by atomic mass is 19.1. The zero-order valence-electron chi connectivity index (χ0n) is 15.6. The number of rotatable bonds is 5. The van der Waals surface area contributed by atoms with E-state index in [1.165, 1.54) is 18.6 Å². The van der Waals surface area contributed by atoms with Crippen molar-refractivity contribution in [2.45, 2.75) is 32.2 Å². The van der Waals surface area contributed by atoms with Gasteiger partial charge in [0.2, 0.25) is 0 Å². The number of imidazole rings is 1. The van der Waals surface area contributed by atoms with Gasteiger partial charge >= 0.3 is 0 Å². The summed E-state index contributed by atoms with van der Waals surface area (Å²) in [6, 6.07) is 12.8. The number of allylic oxidation sites excluding steroid dienone is 1. The van der Waals surface area contributed by atoms with Gasteiger partial charge in [-0.15, -0.1) is 0 Å². The number of aromatic nitrogens is 2. The van der Waals surface area contributed by atoms with Crippen molar-refractivity contribution in [3.05, 3.63) is 71.4 Å². The number of benzene rings is 1. The van der Waals surface area contributed by atoms with Crippen molar-refractivity contribution in [1.82, 2.24) is 14.7 Å². The average molecular weight is 373 g/mol. The largest absolute Gasteiger partial charge is 0.346 e. The molecule has 1 fully saturated rings. The van der Waals surface area contributed by atoms with E-state index in [1.54, 1.807) is 29.1 Å². The fourth-order valence-electron chi connectivity index (χ4n) is 3.20. The second-order valence-electron chi connectivity index (χ2n) is 6.92. The highest BCUT2D eigenvalue weighted by Gasteiger charge is 2.15. The molecule has 1 N–H and O–H groups in total. The van der Waals surface area contributed by atoms with Crippen molar-refractivity contribution < 1.29 is 4.39 Å². The topological polar surface area (TPSA) is 65.5 Å². The molecule has 1 aliphatic carbocycles. The molecule has 0 aliphatic heterocycles. The van der Waals surface area contributed by atoms with Gasteiger partial charge in [0.05, 0.1) is 24.3 Å². The Hall–Kier alpha value is -3.46. The standard InChI is InChI=1S/C22H20FN5/c1-15(17-7-10-21-25-12-20(11-24)28(21)13-17)22(16-5-8-18(23)9-6-16)27-14-26-19-3-2-4-19/h5-10,12-14,19H,2-4H2,1H3,(H,26,27)/b22-15+. The Balaban J connectivity index is 1.76. The zero-order chi connectivity index (χ0) is 19.5. The van der Waals surface area contributed by atoms with Crippen molar-refractivity contribution in [2.75, 3.05) is 0 Å². The highest BCUT2D eigenvalue weighted by Crippen LogP contribution is 2.25. The number of halogens is 1. The van der Waals surface area contributed by atoms with E-state index >= 15 is 0 Å². The Morgan fingerprint density at radius 1 is 1.25 bits per heavy atom. The summed E-state index contributed by atoms with van der Waals surface area (Å²) in [5, 5.41) is 12.6. The summed E-state index contributed by atoms with van der Waals surface area (Å²) in [6.07, 6.45) is 8.67. The average Bonchev–Trinajstić information content (AvgIpc) is 3.09. The summed E-state index contributed by atoms with van der Waals surface area (Å²) in [6.45, 7) is 1.99. The number of hydrogen-bond acceptors (Lipinski definition) is 3. The first kappa shape index (κ1) is 17.9. The minimum absolute atomic E-state index is 0.276. The van der Waals surface area contributed by atoms with Gasteiger partial charge in [0.25, 0.3) is 0 Å². The molecule has 6 heteroatoms. The Morgan fingerprint density at radius 3 is 2.68 bits per heavy atom. The van der Waals surface area contributed by atoms with Gasteiger partial charge in [-0.3, -0.25) is 9.39 Å². The molecule has 140 valence electrons. The zero-order valence-corrected chi connectivity index (χ0v) is 15.6. The molecule has 0 atom stereocenters. The van der Waals surface area contributed by atoms with Crippen molar-refractivity contribution in [3.63, 3.8) is 0 Å². The maximum atomic E-state index is 13.4. The van der Waals surface area contributed by atoms with Gasteiger partial charge in [-0.05, 0) is 79.3 Å². The normalized spacial score (nSPS) is 15.3. The van der Waals surface area contributed by atoms with E-state index in [1.807, 2.05) is 25.3 Å². The molecule has 0 saturated heterocycles. The molecule has 2 heterocycles. The molecule has 5 nitrogen and oxygen atoms in total. The SMILES string of the molecule is C/C(=C(\NC=NC1CCC1)c1ccc(F)cc1)c1ccc2ncc(C#N)n2c1. The summed E-state index contributed by atoms with van der Waals surface area (Å²) in [7, 11) is 0. The van der Waals surface area contributed by atoms with Crippen molar-refractivity contribution >= 4 is 23.3 Å². The van der Waals surface area contributed by atoms with E-state index in [0.717, 1.165) is 40.9 Å². The Bertz CT molecular complexity index is 1100. The lowest BCUT2D eigenvalue weighted by molar-refractivity contribution is 0.421. The quantitative estimate of drug-likeness (QED) is 0.532. The van der Waals surface area contributed by atoms with E-state index < -0.39 is 0 Å². The number of hydrogen-bond donors (Lipinski definition) is 1. The molecule has 0 spiro atoms. The third-order valence-electron chi connectivity index (χ3n) is 5.13. The fraction of sp³-hybridized carbons (Fsp3) is 0.227. The smallest absolute Gasteiger partial charge is 0.144 e.